The zero-order valence-corrected chi connectivity index (χ0v) is 24.6. The van der Waals surface area contributed by atoms with Gasteiger partial charge in [-0.05, 0) is 52.2 Å². The van der Waals surface area contributed by atoms with E-state index in [9.17, 15) is 9.59 Å². The number of pyridine rings is 1. The molecule has 0 radical (unpaired) electrons. The number of carbonyl (C=O) groups excluding carboxylic acids is 2. The fraction of sp³-hybridized carbons (Fsp3) is 0.593. The predicted octanol–water partition coefficient (Wildman–Crippen LogP) is 2.87. The Kier molecular flexibility index (Phi) is 7.52. The Labute approximate surface area is 235 Å². The van der Waals surface area contributed by atoms with Crippen molar-refractivity contribution in [3.05, 3.63) is 30.2 Å². The van der Waals surface area contributed by atoms with Crippen LogP contribution in [0.25, 0.3) is 0 Å². The van der Waals surface area contributed by atoms with Crippen LogP contribution in [0.3, 0.4) is 0 Å². The smallest absolute Gasteiger partial charge is 0.443 e. The molecule has 2 saturated heterocycles. The average Bonchev–Trinajstić information content (AvgIpc) is 3.05. The lowest BCUT2D eigenvalue weighted by molar-refractivity contribution is -0.00932. The number of rotatable bonds is 5. The van der Waals surface area contributed by atoms with Gasteiger partial charge < -0.3 is 35.7 Å². The van der Waals surface area contributed by atoms with Crippen molar-refractivity contribution in [2.75, 3.05) is 22.5 Å². The van der Waals surface area contributed by atoms with Crippen molar-refractivity contribution in [3.63, 3.8) is 0 Å². The van der Waals surface area contributed by atoms with Gasteiger partial charge in [0, 0.05) is 37.8 Å². The first-order valence-electron chi connectivity index (χ1n) is 13.4. The molecule has 13 heteroatoms. The Hall–Kier alpha value is -3.45. The van der Waals surface area contributed by atoms with E-state index in [0.29, 0.717) is 30.8 Å². The molecule has 0 aromatic carbocycles. The van der Waals surface area contributed by atoms with E-state index >= 15 is 0 Å². The van der Waals surface area contributed by atoms with Crippen LogP contribution >= 0.6 is 0 Å². The zero-order valence-electron chi connectivity index (χ0n) is 24.6. The molecule has 12 nitrogen and oxygen atoms in total. The third-order valence-electron chi connectivity index (χ3n) is 8.09. The highest BCUT2D eigenvalue weighted by molar-refractivity contribution is 6.61. The molecule has 2 aliphatic heterocycles. The molecule has 4 rings (SSSR count). The van der Waals surface area contributed by atoms with Crippen LogP contribution in [0, 0.1) is 5.41 Å². The standard InChI is InChI=1S/C27H40BN7O5/c1-24(2,3)17-14-27(8,38-23(30)37)11-13-35(17)16-10-9-12-31-21(16)34-22(36)19-20(29)32-15-18(33-19)28-39-25(4,5)26(6,7)40-28/h9-10,12,15,17H,11,13-14H2,1-8H3,(H2,29,32)(H2,30,37)(H,31,34,36). The fourth-order valence-corrected chi connectivity index (χ4v) is 5.08. The number of ether oxygens (including phenoxy) is 1. The highest BCUT2D eigenvalue weighted by Crippen LogP contribution is 2.42. The minimum atomic E-state index is -0.798. The number of piperidine rings is 1. The lowest BCUT2D eigenvalue weighted by Gasteiger charge is -2.50. The first kappa shape index (κ1) is 29.5. The monoisotopic (exact) mass is 553 g/mol. The van der Waals surface area contributed by atoms with Crippen molar-refractivity contribution >= 4 is 42.0 Å². The molecule has 2 fully saturated rings. The van der Waals surface area contributed by atoms with E-state index in [1.54, 1.807) is 6.20 Å². The summed E-state index contributed by atoms with van der Waals surface area (Å²) in [6.45, 7) is 16.5. The molecule has 40 heavy (non-hydrogen) atoms. The molecule has 4 heterocycles. The summed E-state index contributed by atoms with van der Waals surface area (Å²) in [6.07, 6.45) is 3.37. The summed E-state index contributed by atoms with van der Waals surface area (Å²) in [4.78, 5) is 40.4. The van der Waals surface area contributed by atoms with Gasteiger partial charge in [0.1, 0.15) is 5.60 Å². The molecule has 2 unspecified atom stereocenters. The summed E-state index contributed by atoms with van der Waals surface area (Å²) in [7, 11) is -0.798. The van der Waals surface area contributed by atoms with Crippen LogP contribution in [0.15, 0.2) is 24.5 Å². The summed E-state index contributed by atoms with van der Waals surface area (Å²) >= 11 is 0. The average molecular weight is 553 g/mol. The number of anilines is 3. The largest absolute Gasteiger partial charge is 0.516 e. The Bertz CT molecular complexity index is 1280. The van der Waals surface area contributed by atoms with Gasteiger partial charge in [-0.15, -0.1) is 0 Å². The number of nitrogens with one attached hydrogen (secondary N) is 1. The highest BCUT2D eigenvalue weighted by Gasteiger charge is 2.52. The van der Waals surface area contributed by atoms with Crippen LogP contribution in [0.1, 0.15) is 78.7 Å². The molecule has 5 N–H and O–H groups in total. The molecule has 2 aliphatic rings. The number of hydrogen-bond donors (Lipinski definition) is 3. The van der Waals surface area contributed by atoms with Gasteiger partial charge in [0.15, 0.2) is 17.3 Å². The number of amides is 2. The van der Waals surface area contributed by atoms with Crippen LogP contribution in [-0.2, 0) is 14.0 Å². The van der Waals surface area contributed by atoms with Crippen LogP contribution in [0.2, 0.25) is 0 Å². The topological polar surface area (TPSA) is 168 Å². The van der Waals surface area contributed by atoms with Gasteiger partial charge in [-0.3, -0.25) is 4.79 Å². The second kappa shape index (κ2) is 10.2. The first-order valence-corrected chi connectivity index (χ1v) is 13.4. The lowest BCUT2D eigenvalue weighted by atomic mass is 9.75. The van der Waals surface area contributed by atoms with Gasteiger partial charge in [-0.2, -0.15) is 0 Å². The third kappa shape index (κ3) is 5.85. The summed E-state index contributed by atoms with van der Waals surface area (Å²) in [5.41, 5.74) is 10.4. The van der Waals surface area contributed by atoms with Crippen LogP contribution in [0.5, 0.6) is 0 Å². The van der Waals surface area contributed by atoms with Gasteiger partial charge in [-0.1, -0.05) is 20.8 Å². The van der Waals surface area contributed by atoms with Crippen molar-refractivity contribution in [2.24, 2.45) is 11.1 Å². The van der Waals surface area contributed by atoms with E-state index in [-0.39, 0.29) is 23.0 Å². The van der Waals surface area contributed by atoms with Gasteiger partial charge in [0.25, 0.3) is 5.91 Å². The fourth-order valence-electron chi connectivity index (χ4n) is 5.08. The number of hydrogen-bond acceptors (Lipinski definition) is 10. The van der Waals surface area contributed by atoms with Crippen LogP contribution in [0.4, 0.5) is 22.1 Å². The maximum Gasteiger partial charge on any atom is 0.516 e. The van der Waals surface area contributed by atoms with E-state index in [1.807, 2.05) is 46.8 Å². The molecule has 0 bridgehead atoms. The summed E-state index contributed by atoms with van der Waals surface area (Å²) < 4.78 is 17.7. The van der Waals surface area contributed by atoms with Gasteiger partial charge in [0.2, 0.25) is 0 Å². The van der Waals surface area contributed by atoms with Gasteiger partial charge in [0.05, 0.1) is 22.5 Å². The number of primary amides is 1. The van der Waals surface area contributed by atoms with Crippen LogP contribution in [-0.4, -0.2) is 63.5 Å². The SMILES string of the molecule is CC1(OC(N)=O)CCN(c2cccnc2NC(=O)c2nc(B3OC(C)(C)C(C)(C)O3)cnc2N)C(C(C)(C)C)C1. The number of nitrogens with zero attached hydrogens (tertiary/aromatic N) is 4. The normalized spacial score (nSPS) is 24.1. The van der Waals surface area contributed by atoms with E-state index in [4.69, 9.17) is 25.5 Å². The Morgan fingerprint density at radius 1 is 1.15 bits per heavy atom. The van der Waals surface area contributed by atoms with Crippen molar-refractivity contribution < 1.29 is 23.6 Å². The minimum absolute atomic E-state index is 0.0276. The molecule has 0 aliphatic carbocycles. The van der Waals surface area contributed by atoms with E-state index in [1.165, 1.54) is 6.20 Å². The van der Waals surface area contributed by atoms with Gasteiger partial charge >= 0.3 is 13.2 Å². The van der Waals surface area contributed by atoms with Crippen LogP contribution < -0.4 is 27.3 Å². The third-order valence-corrected chi connectivity index (χ3v) is 8.09. The quantitative estimate of drug-likeness (QED) is 0.468. The van der Waals surface area contributed by atoms with E-state index in [0.717, 1.165) is 5.69 Å². The lowest BCUT2D eigenvalue weighted by Crippen LogP contribution is -2.56. The molecule has 2 amide bonds. The van der Waals surface area contributed by atoms with E-state index < -0.39 is 35.9 Å². The number of nitrogens with two attached hydrogens (primary N) is 2. The molecule has 0 spiro atoms. The highest BCUT2D eigenvalue weighted by atomic mass is 16.7. The summed E-state index contributed by atoms with van der Waals surface area (Å²) in [5.74, 6) is -0.238. The number of nitrogen functional groups attached to an aromatic ring is 1. The first-order chi connectivity index (χ1) is 18.4. The molecule has 216 valence electrons. The second-order valence-electron chi connectivity index (χ2n) is 12.8. The van der Waals surface area contributed by atoms with Crippen molar-refractivity contribution in [3.8, 4) is 0 Å². The Morgan fingerprint density at radius 3 is 2.40 bits per heavy atom. The zero-order chi connectivity index (χ0) is 29.7. The van der Waals surface area contributed by atoms with Crippen molar-refractivity contribution in [1.29, 1.82) is 0 Å². The van der Waals surface area contributed by atoms with Crippen molar-refractivity contribution in [2.45, 2.75) is 91.1 Å². The summed E-state index contributed by atoms with van der Waals surface area (Å²) in [5, 5.41) is 2.88. The summed E-state index contributed by atoms with van der Waals surface area (Å²) in [6, 6.07) is 3.65. The Morgan fingerprint density at radius 2 is 1.80 bits per heavy atom. The number of aromatic nitrogens is 3. The molecular formula is C27H40BN7O5. The molecule has 0 saturated carbocycles. The van der Waals surface area contributed by atoms with Gasteiger partial charge in [-0.25, -0.2) is 19.7 Å². The molecule has 2 atom stereocenters. The maximum absolute atomic E-state index is 13.5. The molecular weight excluding hydrogens is 513 g/mol. The second-order valence-corrected chi connectivity index (χ2v) is 12.8. The maximum atomic E-state index is 13.5. The van der Waals surface area contributed by atoms with E-state index in [2.05, 4.69) is 45.9 Å². The van der Waals surface area contributed by atoms with Crippen molar-refractivity contribution in [1.82, 2.24) is 15.0 Å². The molecule has 2 aromatic rings. The number of carbonyl (C=O) groups is 2. The predicted molar refractivity (Wildman–Crippen MR) is 153 cm³/mol. The molecule has 2 aromatic heterocycles. The Balaban J connectivity index is 1.61. The minimum Gasteiger partial charge on any atom is -0.443 e.